The SMILES string of the molecule is CN1CCN(c2nc(NC[C@@H]3CCCO3)nc(N)c2[N+](=O)[O-])CC1. The summed E-state index contributed by atoms with van der Waals surface area (Å²) in [4.78, 5) is 23.4. The number of anilines is 3. The minimum absolute atomic E-state index is 0.112. The van der Waals surface area contributed by atoms with Gasteiger partial charge in [0.05, 0.1) is 11.0 Å². The summed E-state index contributed by atoms with van der Waals surface area (Å²) in [6.45, 7) is 4.30. The van der Waals surface area contributed by atoms with Gasteiger partial charge in [-0.15, -0.1) is 0 Å². The predicted molar refractivity (Wildman–Crippen MR) is 90.3 cm³/mol. The lowest BCUT2D eigenvalue weighted by Gasteiger charge is -2.33. The third-order valence-electron chi connectivity index (χ3n) is 4.39. The number of piperazine rings is 1. The van der Waals surface area contributed by atoms with Gasteiger partial charge in [-0.2, -0.15) is 9.97 Å². The van der Waals surface area contributed by atoms with Gasteiger partial charge in [0.1, 0.15) is 0 Å². The van der Waals surface area contributed by atoms with E-state index in [0.717, 1.165) is 32.5 Å². The molecule has 0 radical (unpaired) electrons. The number of aromatic nitrogens is 2. The summed E-state index contributed by atoms with van der Waals surface area (Å²) in [5, 5.41) is 14.5. The smallest absolute Gasteiger partial charge is 0.353 e. The van der Waals surface area contributed by atoms with Crippen LogP contribution in [0.5, 0.6) is 0 Å². The van der Waals surface area contributed by atoms with E-state index in [4.69, 9.17) is 10.5 Å². The van der Waals surface area contributed by atoms with E-state index in [1.807, 2.05) is 11.9 Å². The van der Waals surface area contributed by atoms with Crippen LogP contribution in [0.4, 0.5) is 23.3 Å². The van der Waals surface area contributed by atoms with E-state index in [1.54, 1.807) is 0 Å². The first-order valence-corrected chi connectivity index (χ1v) is 8.15. The topological polar surface area (TPSA) is 123 Å². The summed E-state index contributed by atoms with van der Waals surface area (Å²) in [6.07, 6.45) is 2.15. The van der Waals surface area contributed by atoms with E-state index in [-0.39, 0.29) is 23.4 Å². The van der Waals surface area contributed by atoms with Crippen LogP contribution < -0.4 is 16.0 Å². The van der Waals surface area contributed by atoms with Crippen LogP contribution in [-0.2, 0) is 4.74 Å². The second kappa shape index (κ2) is 7.14. The van der Waals surface area contributed by atoms with Crippen molar-refractivity contribution in [2.75, 3.05) is 62.3 Å². The molecule has 0 aromatic carbocycles. The zero-order chi connectivity index (χ0) is 17.1. The van der Waals surface area contributed by atoms with Gasteiger partial charge >= 0.3 is 5.69 Å². The molecule has 10 heteroatoms. The Morgan fingerprint density at radius 1 is 1.38 bits per heavy atom. The van der Waals surface area contributed by atoms with Crippen molar-refractivity contribution in [3.8, 4) is 0 Å². The van der Waals surface area contributed by atoms with Crippen LogP contribution in [0.25, 0.3) is 0 Å². The molecule has 2 aliphatic rings. The van der Waals surface area contributed by atoms with E-state index in [9.17, 15) is 10.1 Å². The van der Waals surface area contributed by atoms with Crippen molar-refractivity contribution >= 4 is 23.3 Å². The van der Waals surface area contributed by atoms with Crippen LogP contribution in [0.2, 0.25) is 0 Å². The van der Waals surface area contributed by atoms with Crippen LogP contribution in [0.15, 0.2) is 0 Å². The highest BCUT2D eigenvalue weighted by Crippen LogP contribution is 2.32. The van der Waals surface area contributed by atoms with Crippen molar-refractivity contribution in [2.45, 2.75) is 18.9 Å². The van der Waals surface area contributed by atoms with Crippen molar-refractivity contribution in [3.63, 3.8) is 0 Å². The Morgan fingerprint density at radius 2 is 2.12 bits per heavy atom. The van der Waals surface area contributed by atoms with Crippen molar-refractivity contribution in [1.82, 2.24) is 14.9 Å². The first-order chi connectivity index (χ1) is 11.5. The number of nitrogens with one attached hydrogen (secondary N) is 1. The Kier molecular flexibility index (Phi) is 4.95. The summed E-state index contributed by atoms with van der Waals surface area (Å²) < 4.78 is 5.55. The van der Waals surface area contributed by atoms with E-state index in [2.05, 4.69) is 20.2 Å². The maximum atomic E-state index is 11.4. The number of nitro groups is 1. The van der Waals surface area contributed by atoms with Crippen molar-refractivity contribution in [1.29, 1.82) is 0 Å². The number of hydrogen-bond donors (Lipinski definition) is 2. The van der Waals surface area contributed by atoms with Crippen LogP contribution in [0, 0.1) is 10.1 Å². The van der Waals surface area contributed by atoms with Crippen LogP contribution in [0.1, 0.15) is 12.8 Å². The Balaban J connectivity index is 1.81. The zero-order valence-electron chi connectivity index (χ0n) is 13.8. The maximum absolute atomic E-state index is 11.4. The normalized spacial score (nSPS) is 21.9. The molecule has 10 nitrogen and oxygen atoms in total. The Morgan fingerprint density at radius 3 is 2.75 bits per heavy atom. The fraction of sp³-hybridized carbons (Fsp3) is 0.714. The lowest BCUT2D eigenvalue weighted by atomic mass is 10.2. The molecule has 24 heavy (non-hydrogen) atoms. The van der Waals surface area contributed by atoms with Crippen LogP contribution in [-0.4, -0.2) is 72.3 Å². The number of hydrogen-bond acceptors (Lipinski definition) is 9. The van der Waals surface area contributed by atoms with Gasteiger partial charge < -0.3 is 25.6 Å². The number of nitrogens with zero attached hydrogens (tertiary/aromatic N) is 5. The molecule has 1 aromatic heterocycles. The number of nitrogens with two attached hydrogens (primary N) is 1. The molecule has 0 bridgehead atoms. The molecule has 3 rings (SSSR count). The van der Waals surface area contributed by atoms with Crippen molar-refractivity contribution in [3.05, 3.63) is 10.1 Å². The molecule has 132 valence electrons. The Hall–Kier alpha value is -2.20. The monoisotopic (exact) mass is 337 g/mol. The average molecular weight is 337 g/mol. The largest absolute Gasteiger partial charge is 0.378 e. The third kappa shape index (κ3) is 3.65. The second-order valence-electron chi connectivity index (χ2n) is 6.17. The fourth-order valence-electron chi connectivity index (χ4n) is 2.96. The Labute approximate surface area is 140 Å². The van der Waals surface area contributed by atoms with Gasteiger partial charge in [-0.05, 0) is 19.9 Å². The molecule has 0 spiro atoms. The highest BCUT2D eigenvalue weighted by Gasteiger charge is 2.29. The second-order valence-corrected chi connectivity index (χ2v) is 6.17. The maximum Gasteiger partial charge on any atom is 0.353 e. The highest BCUT2D eigenvalue weighted by molar-refractivity contribution is 5.71. The lowest BCUT2D eigenvalue weighted by molar-refractivity contribution is -0.383. The minimum atomic E-state index is -0.507. The molecule has 2 fully saturated rings. The molecule has 2 aliphatic heterocycles. The molecule has 0 saturated carbocycles. The number of nitrogen functional groups attached to an aromatic ring is 1. The first kappa shape index (κ1) is 16.7. The molecule has 0 unspecified atom stereocenters. The summed E-state index contributed by atoms with van der Waals surface area (Å²) in [7, 11) is 2.02. The predicted octanol–water partition coefficient (Wildman–Crippen LogP) is 0.310. The molecular weight excluding hydrogens is 314 g/mol. The molecule has 3 N–H and O–H groups in total. The van der Waals surface area contributed by atoms with Crippen LogP contribution >= 0.6 is 0 Å². The van der Waals surface area contributed by atoms with E-state index < -0.39 is 4.92 Å². The lowest BCUT2D eigenvalue weighted by Crippen LogP contribution is -2.45. The van der Waals surface area contributed by atoms with Gasteiger partial charge in [-0.25, -0.2) is 0 Å². The summed E-state index contributed by atoms with van der Waals surface area (Å²) in [5.74, 6) is 0.483. The minimum Gasteiger partial charge on any atom is -0.378 e. The quantitative estimate of drug-likeness (QED) is 0.577. The summed E-state index contributed by atoms with van der Waals surface area (Å²) in [5.41, 5.74) is 5.62. The van der Waals surface area contributed by atoms with E-state index in [1.165, 1.54) is 0 Å². The van der Waals surface area contributed by atoms with E-state index in [0.29, 0.717) is 25.6 Å². The third-order valence-corrected chi connectivity index (χ3v) is 4.39. The van der Waals surface area contributed by atoms with Crippen LogP contribution in [0.3, 0.4) is 0 Å². The molecule has 3 heterocycles. The number of ether oxygens (including phenoxy) is 1. The van der Waals surface area contributed by atoms with Gasteiger partial charge in [-0.3, -0.25) is 10.1 Å². The van der Waals surface area contributed by atoms with Gasteiger partial charge in [0, 0.05) is 39.3 Å². The first-order valence-electron chi connectivity index (χ1n) is 8.15. The molecular formula is C14H23N7O3. The van der Waals surface area contributed by atoms with Gasteiger partial charge in [0.15, 0.2) is 0 Å². The zero-order valence-corrected chi connectivity index (χ0v) is 13.8. The molecule has 0 aliphatic carbocycles. The fourth-order valence-corrected chi connectivity index (χ4v) is 2.96. The highest BCUT2D eigenvalue weighted by atomic mass is 16.6. The summed E-state index contributed by atoms with van der Waals surface area (Å²) >= 11 is 0. The Bertz CT molecular complexity index is 598. The van der Waals surface area contributed by atoms with Crippen molar-refractivity contribution < 1.29 is 9.66 Å². The standard InChI is InChI=1S/C14H23N7O3/c1-19-4-6-20(7-5-19)13-11(21(22)23)12(15)17-14(18-13)16-9-10-3-2-8-24-10/h10H,2-9H2,1H3,(H3,15,16,17,18)/t10-/m0/s1. The number of rotatable bonds is 5. The van der Waals surface area contributed by atoms with Gasteiger partial charge in [-0.1, -0.05) is 0 Å². The van der Waals surface area contributed by atoms with E-state index >= 15 is 0 Å². The average Bonchev–Trinajstić information content (AvgIpc) is 3.06. The molecule has 1 atom stereocenters. The molecule has 0 amide bonds. The number of likely N-dealkylation sites (N-methyl/N-ethyl adjacent to an activating group) is 1. The van der Waals surface area contributed by atoms with Crippen molar-refractivity contribution in [2.24, 2.45) is 0 Å². The van der Waals surface area contributed by atoms with Gasteiger partial charge in [0.2, 0.25) is 17.6 Å². The molecule has 1 aromatic rings. The summed E-state index contributed by atoms with van der Waals surface area (Å²) in [6, 6.07) is 0. The van der Waals surface area contributed by atoms with Gasteiger partial charge in [0.25, 0.3) is 0 Å². The molecule has 2 saturated heterocycles.